The normalized spacial score (nSPS) is 15.1. The fourth-order valence-electron chi connectivity index (χ4n) is 5.34. The molecule has 10 heteroatoms. The Morgan fingerprint density at radius 2 is 0.952 bits per heavy atom. The maximum absolute atomic E-state index is 6.21. The lowest BCUT2D eigenvalue weighted by atomic mass is 10.1. The number of nitrogens with zero attached hydrogens (tertiary/aromatic N) is 7. The Labute approximate surface area is 239 Å². The molecule has 4 aromatic carbocycles. The van der Waals surface area contributed by atoms with Crippen LogP contribution in [0, 0.1) is 6.92 Å². The largest absolute Gasteiger partial charge is 0.399 e. The van der Waals surface area contributed by atoms with Crippen molar-refractivity contribution in [2.24, 2.45) is 35.2 Å². The predicted octanol–water partition coefficient (Wildman–Crippen LogP) is 3.67. The van der Waals surface area contributed by atoms with Gasteiger partial charge in [0.2, 0.25) is 0 Å². The van der Waals surface area contributed by atoms with Gasteiger partial charge in [0, 0.05) is 50.0 Å². The number of aryl methyl sites for hydroxylation is 1. The van der Waals surface area contributed by atoms with E-state index in [1.165, 1.54) is 0 Å². The van der Waals surface area contributed by atoms with Crippen LogP contribution in [0.4, 0.5) is 11.4 Å². The van der Waals surface area contributed by atoms with Crippen LogP contribution in [0.2, 0.25) is 0 Å². The number of H-pyrrole nitrogens is 1. The second-order valence-corrected chi connectivity index (χ2v) is 10.2. The average Bonchev–Trinajstić information content (AvgIpc) is 3.62. The monoisotopic (exact) mass is 546 g/mol. The summed E-state index contributed by atoms with van der Waals surface area (Å²) in [5, 5.41) is 11.0. The van der Waals surface area contributed by atoms with Crippen LogP contribution in [0.1, 0.15) is 33.4 Å². The molecule has 5 aromatic rings. The van der Waals surface area contributed by atoms with Gasteiger partial charge in [-0.05, 0) is 48.9 Å². The maximum Gasteiger partial charge on any atom is 0.184 e. The molecule has 8 rings (SSSR count). The summed E-state index contributed by atoms with van der Waals surface area (Å²) < 4.78 is 0. The van der Waals surface area contributed by atoms with Gasteiger partial charge in [-0.15, -0.1) is 10.2 Å². The molecule has 0 atom stereocenters. The summed E-state index contributed by atoms with van der Waals surface area (Å²) in [5.74, 6) is 2.21. The van der Waals surface area contributed by atoms with Crippen LogP contribution in [0.3, 0.4) is 0 Å². The van der Waals surface area contributed by atoms with Crippen molar-refractivity contribution in [2.45, 2.75) is 6.92 Å². The van der Waals surface area contributed by atoms with Crippen molar-refractivity contribution in [1.29, 1.82) is 0 Å². The molecular weight excluding hydrogens is 524 g/mol. The molecular formula is C32H22N10. The highest BCUT2D eigenvalue weighted by Gasteiger charge is 2.25. The van der Waals surface area contributed by atoms with Crippen molar-refractivity contribution < 1.29 is 0 Å². The summed E-state index contributed by atoms with van der Waals surface area (Å²) in [5.41, 5.74) is 19.7. The van der Waals surface area contributed by atoms with Crippen molar-refractivity contribution in [1.82, 2.24) is 4.98 Å². The number of hydrogen-bond donors (Lipinski definition) is 3. The van der Waals surface area contributed by atoms with E-state index in [-0.39, 0.29) is 0 Å². The van der Waals surface area contributed by atoms with Crippen molar-refractivity contribution in [3.63, 3.8) is 0 Å². The highest BCUT2D eigenvalue weighted by molar-refractivity contribution is 6.26. The molecule has 6 bridgehead atoms. The Balaban J connectivity index is 1.49. The van der Waals surface area contributed by atoms with E-state index >= 15 is 0 Å². The number of nitrogens with one attached hydrogen (secondary N) is 1. The average molecular weight is 547 g/mol. The molecule has 10 nitrogen and oxygen atoms in total. The van der Waals surface area contributed by atoms with Crippen LogP contribution in [0.25, 0.3) is 10.8 Å². The lowest BCUT2D eigenvalue weighted by Crippen LogP contribution is -2.15. The van der Waals surface area contributed by atoms with Crippen LogP contribution >= 0.6 is 0 Å². The lowest BCUT2D eigenvalue weighted by Gasteiger charge is -2.06. The van der Waals surface area contributed by atoms with Crippen molar-refractivity contribution in [2.75, 3.05) is 11.5 Å². The first-order valence-electron chi connectivity index (χ1n) is 13.3. The van der Waals surface area contributed by atoms with Crippen molar-refractivity contribution in [3.8, 4) is 0 Å². The van der Waals surface area contributed by atoms with Gasteiger partial charge in [-0.25, -0.2) is 25.0 Å². The summed E-state index contributed by atoms with van der Waals surface area (Å²) in [4.78, 5) is 27.9. The summed E-state index contributed by atoms with van der Waals surface area (Å²) in [6.45, 7) is 2.00. The summed E-state index contributed by atoms with van der Waals surface area (Å²) in [6.07, 6.45) is 0. The van der Waals surface area contributed by atoms with Gasteiger partial charge < -0.3 is 16.5 Å². The standard InChI is InChI=1S/C32H22N10/c1-16-6-2-3-7-19(16)31-40-30-24-14-17(33)10-12-22(24)28(38-30)36-26-20-8-4-5-9-21(20)27(35-26)37-29-23-13-11-18(34)15-25(23)32(39-29)42-41-31/h2-15H,33-34H2,1H3,(H,35,36,37,38,39,40,41,42). The van der Waals surface area contributed by atoms with Gasteiger partial charge in [-0.3, -0.25) is 0 Å². The molecule has 0 fully saturated rings. The first kappa shape index (κ1) is 23.8. The van der Waals surface area contributed by atoms with Gasteiger partial charge in [0.25, 0.3) is 0 Å². The number of aromatic nitrogens is 1. The molecule has 5 N–H and O–H groups in total. The zero-order valence-corrected chi connectivity index (χ0v) is 22.4. The number of aromatic amines is 1. The molecule has 0 aliphatic carbocycles. The van der Waals surface area contributed by atoms with Gasteiger partial charge in [0.15, 0.2) is 29.2 Å². The highest BCUT2D eigenvalue weighted by Crippen LogP contribution is 2.26. The zero-order chi connectivity index (χ0) is 28.4. The Morgan fingerprint density at radius 3 is 1.55 bits per heavy atom. The van der Waals surface area contributed by atoms with Crippen LogP contribution in [0.15, 0.2) is 120 Å². The second-order valence-electron chi connectivity index (χ2n) is 10.2. The maximum atomic E-state index is 6.21. The highest BCUT2D eigenvalue weighted by atomic mass is 15.3. The topological polar surface area (TPSA) is 154 Å². The molecule has 0 spiro atoms. The lowest BCUT2D eigenvalue weighted by molar-refractivity contribution is 1.15. The van der Waals surface area contributed by atoms with E-state index in [1.54, 1.807) is 0 Å². The van der Waals surface area contributed by atoms with Crippen molar-refractivity contribution >= 4 is 51.3 Å². The van der Waals surface area contributed by atoms with E-state index < -0.39 is 0 Å². The third kappa shape index (κ3) is 3.77. The Morgan fingerprint density at radius 1 is 0.476 bits per heavy atom. The van der Waals surface area contributed by atoms with Crippen LogP contribution in [-0.2, 0) is 0 Å². The van der Waals surface area contributed by atoms with E-state index in [1.807, 2.05) is 91.9 Å². The number of nitrogens with two attached hydrogens (primary N) is 2. The minimum Gasteiger partial charge on any atom is -0.399 e. The van der Waals surface area contributed by atoms with Gasteiger partial charge >= 0.3 is 0 Å². The van der Waals surface area contributed by atoms with Gasteiger partial charge in [-0.1, -0.05) is 48.5 Å². The summed E-state index contributed by atoms with van der Waals surface area (Å²) >= 11 is 0. The zero-order valence-electron chi connectivity index (χ0n) is 22.4. The molecule has 1 aromatic heterocycles. The number of amidine groups is 5. The smallest absolute Gasteiger partial charge is 0.184 e. The quantitative estimate of drug-likeness (QED) is 0.275. The molecule has 3 aliphatic heterocycles. The third-order valence-corrected chi connectivity index (χ3v) is 7.42. The molecule has 42 heavy (non-hydrogen) atoms. The molecule has 0 unspecified atom stereocenters. The fraction of sp³-hybridized carbons (Fsp3) is 0.0312. The Bertz CT molecular complexity index is 2280. The SMILES string of the molecule is Cc1ccccc1C1=NN=C2N=C(N=c3[nH]c(c4ccccc34)=NC3=NC(=N1)c1cc(N)ccc13)c1ccc(N)cc12. The minimum atomic E-state index is 0.377. The minimum absolute atomic E-state index is 0.377. The molecule has 0 amide bonds. The van der Waals surface area contributed by atoms with E-state index in [2.05, 4.69) is 15.2 Å². The number of fused-ring (bicyclic) bond motifs is 13. The first-order valence-corrected chi connectivity index (χ1v) is 13.3. The molecule has 3 aliphatic rings. The number of rotatable bonds is 1. The molecule has 200 valence electrons. The number of hydrogen-bond acceptors (Lipinski definition) is 9. The third-order valence-electron chi connectivity index (χ3n) is 7.42. The molecule has 0 saturated carbocycles. The van der Waals surface area contributed by atoms with Gasteiger partial charge in [-0.2, -0.15) is 0 Å². The van der Waals surface area contributed by atoms with E-state index in [9.17, 15) is 0 Å². The van der Waals surface area contributed by atoms with Gasteiger partial charge in [0.05, 0.1) is 0 Å². The van der Waals surface area contributed by atoms with Crippen LogP contribution in [0.5, 0.6) is 0 Å². The fourth-order valence-corrected chi connectivity index (χ4v) is 5.34. The predicted molar refractivity (Wildman–Crippen MR) is 166 cm³/mol. The number of nitrogen functional groups attached to an aromatic ring is 2. The number of aliphatic imine (C=N–C) groups is 3. The number of anilines is 2. The van der Waals surface area contributed by atoms with Crippen LogP contribution < -0.4 is 22.4 Å². The second kappa shape index (κ2) is 9.00. The number of benzene rings is 4. The van der Waals surface area contributed by atoms with E-state index in [4.69, 9.17) is 36.4 Å². The van der Waals surface area contributed by atoms with E-state index in [0.29, 0.717) is 51.5 Å². The Hall–Kier alpha value is -6.03. The van der Waals surface area contributed by atoms with Crippen LogP contribution in [-0.4, -0.2) is 34.2 Å². The first-order chi connectivity index (χ1) is 20.5. The van der Waals surface area contributed by atoms with Gasteiger partial charge in [0.1, 0.15) is 11.0 Å². The summed E-state index contributed by atoms with van der Waals surface area (Å²) in [7, 11) is 0. The Kier molecular flexibility index (Phi) is 5.10. The summed E-state index contributed by atoms with van der Waals surface area (Å²) in [6, 6.07) is 26.9. The van der Waals surface area contributed by atoms with Crippen molar-refractivity contribution in [3.05, 3.63) is 129 Å². The molecule has 0 saturated heterocycles. The van der Waals surface area contributed by atoms with E-state index in [0.717, 1.165) is 44.2 Å². The molecule has 0 radical (unpaired) electrons. The molecule has 4 heterocycles.